The van der Waals surface area contributed by atoms with Gasteiger partial charge in [-0.2, -0.15) is 0 Å². The van der Waals surface area contributed by atoms with Crippen molar-refractivity contribution in [2.24, 2.45) is 10.3 Å². The van der Waals surface area contributed by atoms with Crippen LogP contribution in [0, 0.1) is 0 Å². The molecule has 0 aliphatic carbocycles. The van der Waals surface area contributed by atoms with Gasteiger partial charge in [0, 0.05) is 36.2 Å². The van der Waals surface area contributed by atoms with Gasteiger partial charge in [0.25, 0.3) is 0 Å². The number of benzene rings is 2. The zero-order chi connectivity index (χ0) is 21.2. The lowest BCUT2D eigenvalue weighted by atomic mass is 10.4. The Labute approximate surface area is 175 Å². The summed E-state index contributed by atoms with van der Waals surface area (Å²) in [5, 5.41) is 17.1. The molecule has 0 saturated carbocycles. The van der Waals surface area contributed by atoms with E-state index in [0.29, 0.717) is 10.0 Å². The van der Waals surface area contributed by atoms with Crippen LogP contribution in [0.15, 0.2) is 58.3 Å². The number of halogens is 2. The van der Waals surface area contributed by atoms with E-state index in [2.05, 4.69) is 10.6 Å². The number of nitrogens with one attached hydrogen (secondary N) is 2. The van der Waals surface area contributed by atoms with E-state index in [1.165, 1.54) is 48.5 Å². The third kappa shape index (κ3) is 10.3. The van der Waals surface area contributed by atoms with Crippen molar-refractivity contribution in [3.05, 3.63) is 58.6 Å². The van der Waals surface area contributed by atoms with E-state index in [9.17, 15) is 16.8 Å². The summed E-state index contributed by atoms with van der Waals surface area (Å²) in [5.74, 6) is 0. The molecule has 156 valence electrons. The summed E-state index contributed by atoms with van der Waals surface area (Å²) < 4.78 is 42.7. The molecule has 6 N–H and O–H groups in total. The van der Waals surface area contributed by atoms with Gasteiger partial charge in [0.2, 0.25) is 20.0 Å². The lowest BCUT2D eigenvalue weighted by Crippen LogP contribution is -2.39. The average molecular weight is 469 g/mol. The second-order valence-corrected chi connectivity index (χ2v) is 9.49. The molecule has 0 amide bonds. The van der Waals surface area contributed by atoms with Crippen molar-refractivity contribution in [2.45, 2.75) is 9.79 Å². The first-order valence-electron chi connectivity index (χ1n) is 7.98. The zero-order valence-electron chi connectivity index (χ0n) is 14.8. The molecule has 12 heteroatoms. The summed E-state index contributed by atoms with van der Waals surface area (Å²) in [6, 6.07) is 11.3. The van der Waals surface area contributed by atoms with Gasteiger partial charge in [-0.05, 0) is 48.5 Å². The normalized spacial score (nSPS) is 14.1. The molecule has 1 aliphatic rings. The highest BCUT2D eigenvalue weighted by atomic mass is 35.5. The summed E-state index contributed by atoms with van der Waals surface area (Å²) in [5.41, 5.74) is 0. The highest BCUT2D eigenvalue weighted by molar-refractivity contribution is 7.89. The molecule has 1 aliphatic heterocycles. The zero-order valence-corrected chi connectivity index (χ0v) is 18.0. The summed E-state index contributed by atoms with van der Waals surface area (Å²) in [6.45, 7) is 4.56. The van der Waals surface area contributed by atoms with Gasteiger partial charge in [-0.25, -0.2) is 27.1 Å². The molecule has 1 fully saturated rings. The lowest BCUT2D eigenvalue weighted by molar-refractivity contribution is 0.534. The molecule has 3 rings (SSSR count). The summed E-state index contributed by atoms with van der Waals surface area (Å²) in [4.78, 5) is 0.142. The quantitative estimate of drug-likeness (QED) is 0.520. The second kappa shape index (κ2) is 11.7. The fraction of sp³-hybridized carbons (Fsp3) is 0.250. The van der Waals surface area contributed by atoms with Crippen LogP contribution in [0.4, 0.5) is 0 Å². The molecule has 0 atom stereocenters. The number of hydrogen-bond acceptors (Lipinski definition) is 6. The summed E-state index contributed by atoms with van der Waals surface area (Å²) >= 11 is 11.1. The maximum atomic E-state index is 10.7. The van der Waals surface area contributed by atoms with E-state index in [1.807, 2.05) is 0 Å². The average Bonchev–Trinajstić information content (AvgIpc) is 2.63. The minimum atomic E-state index is -3.58. The maximum Gasteiger partial charge on any atom is 0.238 e. The molecule has 1 heterocycles. The highest BCUT2D eigenvalue weighted by Gasteiger charge is 2.06. The topological polar surface area (TPSA) is 144 Å². The summed E-state index contributed by atoms with van der Waals surface area (Å²) in [6.07, 6.45) is 0. The van der Waals surface area contributed by atoms with Crippen LogP contribution < -0.4 is 20.9 Å². The van der Waals surface area contributed by atoms with E-state index >= 15 is 0 Å². The number of piperazine rings is 1. The number of nitrogens with two attached hydrogens (primary N) is 2. The Morgan fingerprint density at radius 3 is 1.04 bits per heavy atom. The van der Waals surface area contributed by atoms with Gasteiger partial charge in [0.15, 0.2) is 0 Å². The SMILES string of the molecule is C1CNCCN1.NS(=O)(=O)c1ccc(Cl)cc1.NS(=O)(=O)c1ccc(Cl)cc1. The first-order valence-corrected chi connectivity index (χ1v) is 11.8. The molecule has 8 nitrogen and oxygen atoms in total. The molecule has 0 unspecified atom stereocenters. The Hall–Kier alpha value is -1.24. The molecule has 2 aromatic carbocycles. The minimum Gasteiger partial charge on any atom is -0.314 e. The number of primary sulfonamides is 2. The van der Waals surface area contributed by atoms with Gasteiger partial charge < -0.3 is 10.6 Å². The first kappa shape index (κ1) is 24.8. The highest BCUT2D eigenvalue weighted by Crippen LogP contribution is 2.12. The molecular formula is C16H22Cl2N4O4S2. The number of sulfonamides is 2. The largest absolute Gasteiger partial charge is 0.314 e. The van der Waals surface area contributed by atoms with Crippen LogP contribution in [-0.2, 0) is 20.0 Å². The number of hydrogen-bond donors (Lipinski definition) is 4. The van der Waals surface area contributed by atoms with Gasteiger partial charge in [-0.15, -0.1) is 0 Å². The van der Waals surface area contributed by atoms with Crippen molar-refractivity contribution in [1.82, 2.24) is 10.6 Å². The van der Waals surface area contributed by atoms with Crippen molar-refractivity contribution in [2.75, 3.05) is 26.2 Å². The van der Waals surface area contributed by atoms with E-state index in [4.69, 9.17) is 33.5 Å². The standard InChI is InChI=1S/2C6H6ClNO2S.C4H10N2/c2*7-5-1-3-6(4-2-5)11(8,9)10;1-2-6-4-3-5-1/h2*1-4H,(H2,8,9,10);5-6H,1-4H2. The monoisotopic (exact) mass is 468 g/mol. The van der Waals surface area contributed by atoms with Crippen molar-refractivity contribution < 1.29 is 16.8 Å². The van der Waals surface area contributed by atoms with Gasteiger partial charge in [0.1, 0.15) is 0 Å². The Kier molecular flexibility index (Phi) is 10.4. The Morgan fingerprint density at radius 1 is 0.607 bits per heavy atom. The van der Waals surface area contributed by atoms with E-state index in [1.54, 1.807) is 0 Å². The van der Waals surface area contributed by atoms with Crippen LogP contribution in [0.2, 0.25) is 10.0 Å². The van der Waals surface area contributed by atoms with Crippen LogP contribution in [-0.4, -0.2) is 43.0 Å². The van der Waals surface area contributed by atoms with Gasteiger partial charge in [-0.1, -0.05) is 23.2 Å². The maximum absolute atomic E-state index is 10.7. The Balaban J connectivity index is 0.000000219. The molecule has 0 bridgehead atoms. The van der Waals surface area contributed by atoms with Crippen LogP contribution >= 0.6 is 23.2 Å². The molecule has 0 aromatic heterocycles. The van der Waals surface area contributed by atoms with Crippen molar-refractivity contribution in [3.8, 4) is 0 Å². The molecule has 0 spiro atoms. The van der Waals surface area contributed by atoms with Crippen LogP contribution in [0.25, 0.3) is 0 Å². The smallest absolute Gasteiger partial charge is 0.238 e. The van der Waals surface area contributed by atoms with Gasteiger partial charge in [0.05, 0.1) is 9.79 Å². The third-order valence-electron chi connectivity index (χ3n) is 3.24. The molecular weight excluding hydrogens is 447 g/mol. The molecule has 28 heavy (non-hydrogen) atoms. The van der Waals surface area contributed by atoms with E-state index in [0.717, 1.165) is 26.2 Å². The molecule has 0 radical (unpaired) electrons. The van der Waals surface area contributed by atoms with Gasteiger partial charge >= 0.3 is 0 Å². The summed E-state index contributed by atoms with van der Waals surface area (Å²) in [7, 11) is -7.16. The van der Waals surface area contributed by atoms with Crippen LogP contribution in [0.1, 0.15) is 0 Å². The van der Waals surface area contributed by atoms with Crippen molar-refractivity contribution in [1.29, 1.82) is 0 Å². The van der Waals surface area contributed by atoms with Gasteiger partial charge in [-0.3, -0.25) is 0 Å². The van der Waals surface area contributed by atoms with E-state index in [-0.39, 0.29) is 9.79 Å². The first-order chi connectivity index (χ1) is 13.0. The third-order valence-corrected chi connectivity index (χ3v) is 5.60. The number of rotatable bonds is 2. The molecule has 2 aromatic rings. The van der Waals surface area contributed by atoms with Crippen molar-refractivity contribution >= 4 is 43.2 Å². The molecule has 1 saturated heterocycles. The Bertz CT molecular complexity index is 847. The fourth-order valence-corrected chi connectivity index (χ4v) is 3.13. The second-order valence-electron chi connectivity index (χ2n) is 5.50. The van der Waals surface area contributed by atoms with Crippen LogP contribution in [0.3, 0.4) is 0 Å². The Morgan fingerprint density at radius 2 is 0.857 bits per heavy atom. The van der Waals surface area contributed by atoms with E-state index < -0.39 is 20.0 Å². The minimum absolute atomic E-state index is 0.0712. The van der Waals surface area contributed by atoms with Crippen molar-refractivity contribution in [3.63, 3.8) is 0 Å². The lowest BCUT2D eigenvalue weighted by Gasteiger charge is -2.11. The van der Waals surface area contributed by atoms with Crippen LogP contribution in [0.5, 0.6) is 0 Å². The predicted octanol–water partition coefficient (Wildman–Crippen LogP) is 1.15. The predicted molar refractivity (Wildman–Crippen MR) is 111 cm³/mol. The fourth-order valence-electron chi connectivity index (χ4n) is 1.85.